The van der Waals surface area contributed by atoms with Crippen molar-refractivity contribution in [2.24, 2.45) is 31.9 Å². The van der Waals surface area contributed by atoms with Gasteiger partial charge < -0.3 is 43.0 Å². The van der Waals surface area contributed by atoms with E-state index in [0.29, 0.717) is 5.56 Å². The molecule has 0 bridgehead atoms. The number of nitrogens with one attached hydrogen (secondary N) is 2. The number of amides is 2. The van der Waals surface area contributed by atoms with E-state index in [1.807, 2.05) is 0 Å². The first-order chi connectivity index (χ1) is 23.5. The number of nitrogen functional groups attached to an aromatic ring is 2. The van der Waals surface area contributed by atoms with Gasteiger partial charge in [0.25, 0.3) is 0 Å². The number of anilines is 4. The number of hydrogen-bond acceptors (Lipinski definition) is 16. The molecule has 10 N–H and O–H groups in total. The molecule has 0 radical (unpaired) electrons. The molecule has 0 unspecified atom stereocenters. The Bertz CT molecular complexity index is 1930. The minimum Gasteiger partial charge on any atom is -0.424 e. The van der Waals surface area contributed by atoms with E-state index >= 15 is 0 Å². The third-order valence-corrected chi connectivity index (χ3v) is 6.14. The van der Waals surface area contributed by atoms with Crippen molar-refractivity contribution >= 4 is 69.8 Å². The summed E-state index contributed by atoms with van der Waals surface area (Å²) in [5.41, 5.74) is 23.8. The van der Waals surface area contributed by atoms with Crippen LogP contribution in [0, 0.1) is 0 Å². The number of carbonyl (C=O) groups excluding carboxylic acids is 4. The van der Waals surface area contributed by atoms with Crippen LogP contribution in [-0.2, 0) is 25.6 Å². The first-order valence-corrected chi connectivity index (χ1v) is 14.5. The van der Waals surface area contributed by atoms with Crippen molar-refractivity contribution in [3.8, 4) is 11.5 Å². The predicted molar refractivity (Wildman–Crippen MR) is 179 cm³/mol. The quantitative estimate of drug-likeness (QED) is 0.0675. The summed E-state index contributed by atoms with van der Waals surface area (Å²) in [6.45, 7) is 1.19. The zero-order valence-electron chi connectivity index (χ0n) is 26.1. The number of nitrogens with zero attached hydrogens (tertiary/aromatic N) is 6. The number of azo groups is 2. The zero-order chi connectivity index (χ0) is 35.3. The Kier molecular flexibility index (Phi) is 12.0. The number of ether oxygens (including phenoxy) is 2. The standard InChI is InChI=1S/C31H32N12O6/c1-17(44)48-24-9-6-18(14-22(24)43-42-21-7-10-25(38-31(21)35)36-27(45)12-13-32)15-29(47)49-23-5-3-2-4-19(23)40-41-20-8-11-26(39-30(20)34)37-28(46)16-33/h2-11,14H,12-13,15-16,32-33H2,1H3,(H3,34,37,39,46)(H3,35,36,38,45). The number of rotatable bonds is 13. The molecule has 252 valence electrons. The highest BCUT2D eigenvalue weighted by Crippen LogP contribution is 2.34. The lowest BCUT2D eigenvalue weighted by Gasteiger charge is -2.09. The summed E-state index contributed by atoms with van der Waals surface area (Å²) in [5, 5.41) is 21.6. The molecule has 0 fully saturated rings. The summed E-state index contributed by atoms with van der Waals surface area (Å²) >= 11 is 0. The summed E-state index contributed by atoms with van der Waals surface area (Å²) in [6.07, 6.45) is -0.0890. The number of nitrogens with two attached hydrogens (primary N) is 4. The first kappa shape index (κ1) is 35.2. The fourth-order valence-corrected chi connectivity index (χ4v) is 3.93. The van der Waals surface area contributed by atoms with Gasteiger partial charge in [0, 0.05) is 19.9 Å². The molecule has 2 heterocycles. The van der Waals surface area contributed by atoms with Gasteiger partial charge in [-0.1, -0.05) is 18.2 Å². The van der Waals surface area contributed by atoms with Crippen molar-refractivity contribution in [2.75, 3.05) is 35.2 Å². The van der Waals surface area contributed by atoms with Crippen molar-refractivity contribution < 1.29 is 28.7 Å². The van der Waals surface area contributed by atoms with Crippen molar-refractivity contribution in [3.63, 3.8) is 0 Å². The van der Waals surface area contributed by atoms with Gasteiger partial charge in [0.05, 0.1) is 13.0 Å². The number of pyridine rings is 2. The summed E-state index contributed by atoms with van der Waals surface area (Å²) in [5.74, 6) is -1.40. The van der Waals surface area contributed by atoms with Crippen LogP contribution in [0.5, 0.6) is 11.5 Å². The van der Waals surface area contributed by atoms with Crippen LogP contribution in [0.3, 0.4) is 0 Å². The molecule has 49 heavy (non-hydrogen) atoms. The molecular weight excluding hydrogens is 636 g/mol. The SMILES string of the molecule is CC(=O)Oc1ccc(CC(=O)Oc2ccccc2N=Nc2ccc(NC(=O)CN)nc2N)cc1N=Nc1ccc(NC(=O)CCN)nc1N. The molecule has 0 aliphatic rings. The van der Waals surface area contributed by atoms with E-state index in [1.54, 1.807) is 24.3 Å². The molecule has 2 amide bonds. The molecule has 18 heteroatoms. The average Bonchev–Trinajstić information content (AvgIpc) is 3.05. The van der Waals surface area contributed by atoms with E-state index in [-0.39, 0.29) is 89.4 Å². The third kappa shape index (κ3) is 10.4. The van der Waals surface area contributed by atoms with Gasteiger partial charge >= 0.3 is 11.9 Å². The Morgan fingerprint density at radius 3 is 1.86 bits per heavy atom. The second kappa shape index (κ2) is 16.8. The Morgan fingerprint density at radius 2 is 1.27 bits per heavy atom. The summed E-state index contributed by atoms with van der Waals surface area (Å²) in [7, 11) is 0. The molecular formula is C31H32N12O6. The summed E-state index contributed by atoms with van der Waals surface area (Å²) in [6, 6.07) is 16.9. The lowest BCUT2D eigenvalue weighted by molar-refractivity contribution is -0.134. The highest BCUT2D eigenvalue weighted by Gasteiger charge is 2.14. The lowest BCUT2D eigenvalue weighted by Crippen LogP contribution is -2.22. The van der Waals surface area contributed by atoms with Crippen LogP contribution in [0.25, 0.3) is 0 Å². The number of para-hydroxylation sites is 1. The molecule has 0 aliphatic heterocycles. The van der Waals surface area contributed by atoms with Gasteiger partial charge in [0.1, 0.15) is 34.4 Å². The molecule has 0 saturated heterocycles. The predicted octanol–water partition coefficient (Wildman–Crippen LogP) is 3.73. The fraction of sp³-hybridized carbons (Fsp3) is 0.161. The minimum absolute atomic E-state index is 0.000914. The molecule has 4 aromatic rings. The molecule has 18 nitrogen and oxygen atoms in total. The van der Waals surface area contributed by atoms with Gasteiger partial charge in [0.2, 0.25) is 11.8 Å². The largest absolute Gasteiger partial charge is 0.424 e. The van der Waals surface area contributed by atoms with E-state index in [2.05, 4.69) is 41.1 Å². The topological polar surface area (TPSA) is 290 Å². The molecule has 0 aliphatic carbocycles. The van der Waals surface area contributed by atoms with Crippen LogP contribution >= 0.6 is 0 Å². The van der Waals surface area contributed by atoms with Crippen molar-refractivity contribution in [2.45, 2.75) is 19.8 Å². The Labute approximate surface area is 279 Å². The normalized spacial score (nSPS) is 11.0. The minimum atomic E-state index is -0.646. The molecule has 2 aromatic heterocycles. The van der Waals surface area contributed by atoms with E-state index in [0.717, 1.165) is 0 Å². The van der Waals surface area contributed by atoms with Crippen LogP contribution in [0.4, 0.5) is 46.0 Å². The second-order valence-corrected chi connectivity index (χ2v) is 9.96. The Hall–Kier alpha value is -6.66. The maximum atomic E-state index is 13.0. The second-order valence-electron chi connectivity index (χ2n) is 9.96. The lowest BCUT2D eigenvalue weighted by atomic mass is 10.1. The van der Waals surface area contributed by atoms with Crippen LogP contribution in [0.15, 0.2) is 87.2 Å². The van der Waals surface area contributed by atoms with E-state index < -0.39 is 17.8 Å². The maximum absolute atomic E-state index is 13.0. The van der Waals surface area contributed by atoms with Gasteiger partial charge in [-0.05, 0) is 54.1 Å². The molecule has 0 saturated carbocycles. The number of hydrogen-bond donors (Lipinski definition) is 6. The van der Waals surface area contributed by atoms with Gasteiger partial charge in [-0.25, -0.2) is 9.97 Å². The number of benzene rings is 2. The summed E-state index contributed by atoms with van der Waals surface area (Å²) in [4.78, 5) is 56.1. The van der Waals surface area contributed by atoms with Gasteiger partial charge in [-0.2, -0.15) is 0 Å². The maximum Gasteiger partial charge on any atom is 0.315 e. The first-order valence-electron chi connectivity index (χ1n) is 14.5. The van der Waals surface area contributed by atoms with Crippen molar-refractivity contribution in [1.82, 2.24) is 9.97 Å². The molecule has 2 aromatic carbocycles. The highest BCUT2D eigenvalue weighted by molar-refractivity contribution is 5.91. The van der Waals surface area contributed by atoms with Gasteiger partial charge in [0.15, 0.2) is 23.1 Å². The monoisotopic (exact) mass is 668 g/mol. The van der Waals surface area contributed by atoms with E-state index in [9.17, 15) is 19.2 Å². The highest BCUT2D eigenvalue weighted by atomic mass is 16.5. The number of carbonyl (C=O) groups is 4. The number of esters is 2. The number of aromatic nitrogens is 2. The smallest absolute Gasteiger partial charge is 0.315 e. The zero-order valence-corrected chi connectivity index (χ0v) is 26.1. The molecule has 0 atom stereocenters. The van der Waals surface area contributed by atoms with Crippen molar-refractivity contribution in [3.05, 3.63) is 72.3 Å². The Morgan fingerprint density at radius 1 is 0.694 bits per heavy atom. The van der Waals surface area contributed by atoms with Crippen LogP contribution in [-0.4, -0.2) is 46.8 Å². The fourth-order valence-electron chi connectivity index (χ4n) is 3.93. The van der Waals surface area contributed by atoms with Crippen LogP contribution < -0.4 is 43.0 Å². The van der Waals surface area contributed by atoms with E-state index in [1.165, 1.54) is 49.4 Å². The third-order valence-electron chi connectivity index (χ3n) is 6.14. The molecule has 0 spiro atoms. The van der Waals surface area contributed by atoms with Crippen molar-refractivity contribution in [1.29, 1.82) is 0 Å². The Balaban J connectivity index is 1.48. The van der Waals surface area contributed by atoms with Gasteiger partial charge in [-0.3, -0.25) is 19.2 Å². The van der Waals surface area contributed by atoms with Crippen LogP contribution in [0.2, 0.25) is 0 Å². The summed E-state index contributed by atoms with van der Waals surface area (Å²) < 4.78 is 10.8. The van der Waals surface area contributed by atoms with E-state index in [4.69, 9.17) is 32.4 Å². The van der Waals surface area contributed by atoms with Gasteiger partial charge in [-0.15, -0.1) is 20.5 Å². The average molecular weight is 669 g/mol. The van der Waals surface area contributed by atoms with Crippen LogP contribution in [0.1, 0.15) is 18.9 Å². The molecule has 4 rings (SSSR count).